The van der Waals surface area contributed by atoms with Gasteiger partial charge in [0.05, 0.1) is 19.3 Å². The molecule has 5 rings (SSSR count). The molecule has 0 spiro atoms. The molecular weight excluding hydrogens is 476 g/mol. The predicted octanol–water partition coefficient (Wildman–Crippen LogP) is 7.11. The van der Waals surface area contributed by atoms with Gasteiger partial charge in [-0.25, -0.2) is 4.79 Å². The van der Waals surface area contributed by atoms with Crippen molar-refractivity contribution in [1.29, 1.82) is 0 Å². The Balaban J connectivity index is 1.50. The molecule has 0 aromatic carbocycles. The molecule has 5 nitrogen and oxygen atoms in total. The van der Waals surface area contributed by atoms with Crippen molar-refractivity contribution in [2.75, 3.05) is 7.11 Å². The van der Waals surface area contributed by atoms with E-state index in [1.54, 1.807) is 18.1 Å². The molecular formula is C33H48O5. The maximum atomic E-state index is 12.0. The van der Waals surface area contributed by atoms with Crippen LogP contribution >= 0.6 is 0 Å². The van der Waals surface area contributed by atoms with E-state index in [4.69, 9.17) is 14.2 Å². The van der Waals surface area contributed by atoms with Gasteiger partial charge in [-0.3, -0.25) is 4.79 Å². The lowest BCUT2D eigenvalue weighted by molar-refractivity contribution is -0.167. The van der Waals surface area contributed by atoms with Crippen LogP contribution in [0.2, 0.25) is 0 Å². The van der Waals surface area contributed by atoms with Crippen LogP contribution in [0.3, 0.4) is 0 Å². The van der Waals surface area contributed by atoms with Crippen molar-refractivity contribution < 1.29 is 23.8 Å². The minimum absolute atomic E-state index is 0.00533. The summed E-state index contributed by atoms with van der Waals surface area (Å²) in [6.45, 7) is 17.8. The van der Waals surface area contributed by atoms with Gasteiger partial charge < -0.3 is 14.2 Å². The van der Waals surface area contributed by atoms with E-state index in [1.165, 1.54) is 12.7 Å². The zero-order valence-electron chi connectivity index (χ0n) is 25.0. The van der Waals surface area contributed by atoms with Crippen molar-refractivity contribution in [1.82, 2.24) is 0 Å². The van der Waals surface area contributed by atoms with Crippen LogP contribution < -0.4 is 0 Å². The molecule has 0 radical (unpaired) electrons. The summed E-state index contributed by atoms with van der Waals surface area (Å²) in [4.78, 5) is 23.9. The van der Waals surface area contributed by atoms with E-state index in [1.807, 2.05) is 13.0 Å². The Bertz CT molecular complexity index is 1130. The fourth-order valence-electron chi connectivity index (χ4n) is 9.79. The van der Waals surface area contributed by atoms with Crippen LogP contribution in [0.15, 0.2) is 34.4 Å². The number of rotatable bonds is 3. The lowest BCUT2D eigenvalue weighted by Gasteiger charge is -2.61. The zero-order chi connectivity index (χ0) is 27.8. The first-order chi connectivity index (χ1) is 17.7. The van der Waals surface area contributed by atoms with E-state index in [0.717, 1.165) is 44.9 Å². The first-order valence-electron chi connectivity index (χ1n) is 14.7. The van der Waals surface area contributed by atoms with Gasteiger partial charge in [-0.1, -0.05) is 53.2 Å². The van der Waals surface area contributed by atoms with Crippen LogP contribution in [0, 0.1) is 33.5 Å². The number of allylic oxidation sites excluding steroid dienone is 3. The van der Waals surface area contributed by atoms with E-state index in [0.29, 0.717) is 17.4 Å². The van der Waals surface area contributed by atoms with Crippen LogP contribution in [0.1, 0.15) is 100 Å². The van der Waals surface area contributed by atoms with Gasteiger partial charge in [-0.15, -0.1) is 0 Å². The first kappa shape index (κ1) is 27.7. The third-order valence-electron chi connectivity index (χ3n) is 12.2. The van der Waals surface area contributed by atoms with E-state index in [2.05, 4.69) is 47.6 Å². The smallest absolute Gasteiger partial charge is 0.333 e. The van der Waals surface area contributed by atoms with Crippen molar-refractivity contribution in [3.8, 4) is 0 Å². The highest BCUT2D eigenvalue weighted by molar-refractivity contribution is 5.87. The van der Waals surface area contributed by atoms with Crippen molar-refractivity contribution in [2.24, 2.45) is 33.5 Å². The van der Waals surface area contributed by atoms with Crippen LogP contribution in [0.4, 0.5) is 0 Å². The molecule has 1 saturated heterocycles. The molecule has 2 fully saturated rings. The number of esters is 2. The number of ether oxygens (including phenoxy) is 3. The highest BCUT2D eigenvalue weighted by atomic mass is 16.5. The van der Waals surface area contributed by atoms with Crippen molar-refractivity contribution in [3.63, 3.8) is 0 Å². The summed E-state index contributed by atoms with van der Waals surface area (Å²) in [5, 5.41) is 0. The molecule has 210 valence electrons. The second kappa shape index (κ2) is 9.08. The first-order valence-corrected chi connectivity index (χ1v) is 14.7. The lowest BCUT2D eigenvalue weighted by atomic mass is 9.45. The number of hydrogen-bond donors (Lipinski definition) is 0. The molecule has 0 aromatic rings. The largest absolute Gasteiger partial charge is 0.466 e. The molecule has 8 atom stereocenters. The molecule has 38 heavy (non-hydrogen) atoms. The molecule has 1 saturated carbocycles. The van der Waals surface area contributed by atoms with Gasteiger partial charge in [0, 0.05) is 28.7 Å². The molecule has 0 bridgehead atoms. The van der Waals surface area contributed by atoms with E-state index >= 15 is 0 Å². The summed E-state index contributed by atoms with van der Waals surface area (Å²) in [6.07, 6.45) is 11.8. The van der Waals surface area contributed by atoms with Gasteiger partial charge in [0.2, 0.25) is 0 Å². The number of hydrogen-bond acceptors (Lipinski definition) is 5. The SMILES string of the molecule is COC(=O)/C(C)=C/[C@H]1C[C@@H](C)[C@]2(C)[C@@H](C=C3C4=C(CC[C@]32C)[C@@]2(C)CC[C@@H](OC(C)=O)C(C)(C)[C@H]2CC4)O1. The van der Waals surface area contributed by atoms with E-state index < -0.39 is 0 Å². The minimum atomic E-state index is -0.286. The average molecular weight is 525 g/mol. The van der Waals surface area contributed by atoms with E-state index in [-0.39, 0.29) is 51.9 Å². The maximum absolute atomic E-state index is 12.0. The van der Waals surface area contributed by atoms with Crippen LogP contribution in [-0.2, 0) is 23.8 Å². The molecule has 0 aromatic heterocycles. The van der Waals surface area contributed by atoms with Gasteiger partial charge >= 0.3 is 11.9 Å². The Morgan fingerprint density at radius 2 is 1.76 bits per heavy atom. The van der Waals surface area contributed by atoms with Crippen molar-refractivity contribution in [3.05, 3.63) is 34.4 Å². The van der Waals surface area contributed by atoms with Crippen LogP contribution in [-0.4, -0.2) is 37.4 Å². The molecule has 1 heterocycles. The minimum Gasteiger partial charge on any atom is -0.466 e. The number of fused-ring (bicyclic) bond motifs is 6. The van der Waals surface area contributed by atoms with Gasteiger partial charge in [0.25, 0.3) is 0 Å². The second-order valence-corrected chi connectivity index (χ2v) is 14.2. The van der Waals surface area contributed by atoms with Crippen molar-refractivity contribution >= 4 is 11.9 Å². The number of carbonyl (C=O) groups is 2. The molecule has 0 amide bonds. The Kier molecular flexibility index (Phi) is 6.61. The average Bonchev–Trinajstić information content (AvgIpc) is 3.08. The molecule has 0 N–H and O–H groups in total. The summed E-state index contributed by atoms with van der Waals surface area (Å²) < 4.78 is 17.6. The third kappa shape index (κ3) is 3.73. The number of carbonyl (C=O) groups excluding carboxylic acids is 2. The van der Waals surface area contributed by atoms with Crippen molar-refractivity contribution in [2.45, 2.75) is 119 Å². The highest BCUT2D eigenvalue weighted by Crippen LogP contribution is 2.70. The fourth-order valence-corrected chi connectivity index (χ4v) is 9.79. The Hall–Kier alpha value is -1.88. The normalized spacial score (nSPS) is 43.8. The predicted molar refractivity (Wildman–Crippen MR) is 148 cm³/mol. The lowest BCUT2D eigenvalue weighted by Crippen LogP contribution is -2.56. The molecule has 4 aliphatic carbocycles. The van der Waals surface area contributed by atoms with Crippen LogP contribution in [0.25, 0.3) is 0 Å². The van der Waals surface area contributed by atoms with Gasteiger partial charge in [-0.05, 0) is 86.3 Å². The quantitative estimate of drug-likeness (QED) is 0.291. The van der Waals surface area contributed by atoms with Gasteiger partial charge in [-0.2, -0.15) is 0 Å². The zero-order valence-corrected chi connectivity index (χ0v) is 25.0. The molecule has 5 heteroatoms. The molecule has 0 unspecified atom stereocenters. The maximum Gasteiger partial charge on any atom is 0.333 e. The molecule has 1 aliphatic heterocycles. The third-order valence-corrected chi connectivity index (χ3v) is 12.2. The topological polar surface area (TPSA) is 61.8 Å². The Labute approximate surface area is 229 Å². The number of methoxy groups -OCH3 is 1. The van der Waals surface area contributed by atoms with Crippen LogP contribution in [0.5, 0.6) is 0 Å². The molecule has 5 aliphatic rings. The summed E-state index contributed by atoms with van der Waals surface area (Å²) in [6, 6.07) is 0. The Morgan fingerprint density at radius 1 is 1.05 bits per heavy atom. The fraction of sp³-hybridized carbons (Fsp3) is 0.758. The van der Waals surface area contributed by atoms with Gasteiger partial charge in [0.15, 0.2) is 0 Å². The highest BCUT2D eigenvalue weighted by Gasteiger charge is 2.64. The summed E-state index contributed by atoms with van der Waals surface area (Å²) in [5.41, 5.74) is 5.61. The summed E-state index contributed by atoms with van der Waals surface area (Å²) >= 11 is 0. The summed E-state index contributed by atoms with van der Waals surface area (Å²) in [5.74, 6) is 0.513. The van der Waals surface area contributed by atoms with Gasteiger partial charge in [0.1, 0.15) is 6.10 Å². The second-order valence-electron chi connectivity index (χ2n) is 14.2. The summed E-state index contributed by atoms with van der Waals surface area (Å²) in [7, 11) is 1.43. The van der Waals surface area contributed by atoms with E-state index in [9.17, 15) is 9.59 Å². The monoisotopic (exact) mass is 524 g/mol. The standard InChI is InChI=1S/C33H48O5/c1-19(29(35)36-9)16-22-17-20(2)33(8)28(38-22)18-25-23-10-11-26-30(4,5)27(37-21(3)34)13-14-31(26,6)24(23)12-15-32(25,33)7/h16,18,20,22,26-28H,10-15,17H2,1-9H3/b19-16+/t20-,22+,26-,27-,28-,31-,32-,33-/m1/s1. The Morgan fingerprint density at radius 3 is 2.42 bits per heavy atom.